The number of phenols is 1. The number of aromatic nitrogens is 1. The molecule has 0 aliphatic rings. The molecule has 8 heteroatoms. The van der Waals surface area contributed by atoms with Gasteiger partial charge in [-0.25, -0.2) is 4.98 Å². The first-order valence-corrected chi connectivity index (χ1v) is 7.40. The van der Waals surface area contributed by atoms with Gasteiger partial charge in [0, 0.05) is 25.0 Å². The molecule has 2 aromatic rings. The highest BCUT2D eigenvalue weighted by atomic mass is 16.4. The Morgan fingerprint density at radius 2 is 1.79 bits per heavy atom. The van der Waals surface area contributed by atoms with Crippen molar-refractivity contribution >= 4 is 22.8 Å². The van der Waals surface area contributed by atoms with Gasteiger partial charge in [0.15, 0.2) is 0 Å². The van der Waals surface area contributed by atoms with Crippen LogP contribution in [0.1, 0.15) is 5.69 Å². The van der Waals surface area contributed by atoms with E-state index in [1.54, 1.807) is 12.1 Å². The first-order valence-electron chi connectivity index (χ1n) is 7.40. The number of carboxylic acids is 2. The van der Waals surface area contributed by atoms with E-state index in [-0.39, 0.29) is 25.4 Å². The number of phenolic OH excluding ortho intramolecular Hbond substituents is 1. The maximum Gasteiger partial charge on any atom is 0.317 e. The minimum Gasteiger partial charge on any atom is -0.506 e. The predicted octanol–water partition coefficient (Wildman–Crippen LogP) is 0.501. The van der Waals surface area contributed by atoms with Crippen LogP contribution in [-0.2, 0) is 16.1 Å². The van der Waals surface area contributed by atoms with Crippen molar-refractivity contribution in [3.8, 4) is 5.75 Å². The largest absolute Gasteiger partial charge is 0.506 e. The standard InChI is InChI=1S/C16H19N3O5/c20-13-3-1-2-11-4-5-12(18-16(11)13)8-17-6-7-19(9-14(21)22)10-15(23)24/h1-5,17,20H,6-10H2,(H,21,22)(H,23,24). The highest BCUT2D eigenvalue weighted by Gasteiger charge is 2.12. The van der Waals surface area contributed by atoms with E-state index in [0.29, 0.717) is 18.6 Å². The zero-order chi connectivity index (χ0) is 17.5. The van der Waals surface area contributed by atoms with Crippen LogP contribution in [0.15, 0.2) is 30.3 Å². The van der Waals surface area contributed by atoms with Crippen LogP contribution in [0, 0.1) is 0 Å². The molecule has 0 radical (unpaired) electrons. The minimum absolute atomic E-state index is 0.114. The molecular weight excluding hydrogens is 314 g/mol. The summed E-state index contributed by atoms with van der Waals surface area (Å²) in [6.45, 7) is 0.489. The van der Waals surface area contributed by atoms with Gasteiger partial charge in [-0.3, -0.25) is 14.5 Å². The highest BCUT2D eigenvalue weighted by molar-refractivity contribution is 5.84. The number of hydrogen-bond donors (Lipinski definition) is 4. The zero-order valence-electron chi connectivity index (χ0n) is 13.0. The molecule has 1 aromatic carbocycles. The summed E-state index contributed by atoms with van der Waals surface area (Å²) in [5.74, 6) is -2.02. The third-order valence-electron chi connectivity index (χ3n) is 3.39. The Kier molecular flexibility index (Phi) is 6.05. The van der Waals surface area contributed by atoms with Gasteiger partial charge in [-0.15, -0.1) is 0 Å². The number of aliphatic carboxylic acids is 2. The number of benzene rings is 1. The molecule has 2 rings (SSSR count). The number of para-hydroxylation sites is 1. The smallest absolute Gasteiger partial charge is 0.317 e. The van der Waals surface area contributed by atoms with Crippen molar-refractivity contribution in [3.05, 3.63) is 36.0 Å². The molecule has 0 atom stereocenters. The summed E-state index contributed by atoms with van der Waals surface area (Å²) in [7, 11) is 0. The average Bonchev–Trinajstić information content (AvgIpc) is 2.51. The molecule has 128 valence electrons. The zero-order valence-corrected chi connectivity index (χ0v) is 13.0. The molecule has 0 bridgehead atoms. The molecule has 1 aromatic heterocycles. The van der Waals surface area contributed by atoms with Gasteiger partial charge in [-0.1, -0.05) is 18.2 Å². The van der Waals surface area contributed by atoms with Crippen LogP contribution >= 0.6 is 0 Å². The fourth-order valence-electron chi connectivity index (χ4n) is 2.32. The van der Waals surface area contributed by atoms with Crippen LogP contribution in [0.3, 0.4) is 0 Å². The average molecular weight is 333 g/mol. The number of nitrogens with one attached hydrogen (secondary N) is 1. The second-order valence-corrected chi connectivity index (χ2v) is 5.33. The van der Waals surface area contributed by atoms with Gasteiger partial charge in [0.2, 0.25) is 0 Å². The molecule has 1 heterocycles. The Bertz CT molecular complexity index is 719. The maximum atomic E-state index is 10.7. The van der Waals surface area contributed by atoms with Gasteiger partial charge in [0.05, 0.1) is 18.8 Å². The quantitative estimate of drug-likeness (QED) is 0.489. The summed E-state index contributed by atoms with van der Waals surface area (Å²) in [5, 5.41) is 31.3. The maximum absolute atomic E-state index is 10.7. The summed E-state index contributed by atoms with van der Waals surface area (Å²) in [4.78, 5) is 27.1. The molecule has 0 spiro atoms. The molecule has 0 fully saturated rings. The van der Waals surface area contributed by atoms with Crippen LogP contribution < -0.4 is 5.32 Å². The van der Waals surface area contributed by atoms with E-state index in [1.165, 1.54) is 4.90 Å². The van der Waals surface area contributed by atoms with Gasteiger partial charge in [0.25, 0.3) is 0 Å². The molecule has 8 nitrogen and oxygen atoms in total. The van der Waals surface area contributed by atoms with Crippen LogP contribution in [0.5, 0.6) is 5.75 Å². The molecule has 4 N–H and O–H groups in total. The minimum atomic E-state index is -1.07. The number of fused-ring (bicyclic) bond motifs is 1. The Labute approximate surface area is 138 Å². The first-order chi connectivity index (χ1) is 11.5. The van der Waals surface area contributed by atoms with Crippen LogP contribution in [0.25, 0.3) is 10.9 Å². The van der Waals surface area contributed by atoms with Gasteiger partial charge in [-0.2, -0.15) is 0 Å². The number of pyridine rings is 1. The molecule has 0 saturated heterocycles. The monoisotopic (exact) mass is 333 g/mol. The van der Waals surface area contributed by atoms with Crippen LogP contribution in [0.2, 0.25) is 0 Å². The topological polar surface area (TPSA) is 123 Å². The lowest BCUT2D eigenvalue weighted by molar-refractivity contribution is -0.141. The van der Waals surface area contributed by atoms with Gasteiger partial charge < -0.3 is 20.6 Å². The Hall–Kier alpha value is -2.71. The molecule has 0 saturated carbocycles. The van der Waals surface area contributed by atoms with Crippen LogP contribution in [0.4, 0.5) is 0 Å². The lowest BCUT2D eigenvalue weighted by Crippen LogP contribution is -2.39. The SMILES string of the molecule is O=C(O)CN(CCNCc1ccc2cccc(O)c2n1)CC(=O)O. The fraction of sp³-hybridized carbons (Fsp3) is 0.312. The van der Waals surface area contributed by atoms with Crippen molar-refractivity contribution in [2.24, 2.45) is 0 Å². The van der Waals surface area contributed by atoms with E-state index in [0.717, 1.165) is 11.1 Å². The summed E-state index contributed by atoms with van der Waals surface area (Å²) >= 11 is 0. The Morgan fingerprint density at radius 1 is 1.08 bits per heavy atom. The van der Waals surface area contributed by atoms with E-state index in [9.17, 15) is 14.7 Å². The number of carbonyl (C=O) groups is 2. The number of hydrogen-bond acceptors (Lipinski definition) is 6. The number of carboxylic acid groups (broad SMARTS) is 2. The number of rotatable bonds is 9. The van der Waals surface area contributed by atoms with E-state index in [4.69, 9.17) is 10.2 Å². The second-order valence-electron chi connectivity index (χ2n) is 5.33. The van der Waals surface area contributed by atoms with Crippen LogP contribution in [-0.4, -0.2) is 63.3 Å². The van der Waals surface area contributed by atoms with Crippen molar-refractivity contribution in [2.75, 3.05) is 26.2 Å². The lowest BCUT2D eigenvalue weighted by atomic mass is 10.2. The fourth-order valence-corrected chi connectivity index (χ4v) is 2.32. The van der Waals surface area contributed by atoms with Crippen molar-refractivity contribution < 1.29 is 24.9 Å². The molecule has 24 heavy (non-hydrogen) atoms. The van der Waals surface area contributed by atoms with Gasteiger partial charge >= 0.3 is 11.9 Å². The summed E-state index contributed by atoms with van der Waals surface area (Å²) in [5.41, 5.74) is 1.25. The Morgan fingerprint density at radius 3 is 2.46 bits per heavy atom. The van der Waals surface area contributed by atoms with Crippen molar-refractivity contribution in [2.45, 2.75) is 6.54 Å². The lowest BCUT2D eigenvalue weighted by Gasteiger charge is -2.18. The molecule has 0 aliphatic heterocycles. The van der Waals surface area contributed by atoms with E-state index >= 15 is 0 Å². The van der Waals surface area contributed by atoms with E-state index < -0.39 is 11.9 Å². The van der Waals surface area contributed by atoms with Crippen molar-refractivity contribution in [1.29, 1.82) is 0 Å². The van der Waals surface area contributed by atoms with E-state index in [2.05, 4.69) is 10.3 Å². The molecule has 0 amide bonds. The third-order valence-corrected chi connectivity index (χ3v) is 3.39. The third kappa shape index (κ3) is 5.18. The second kappa shape index (κ2) is 8.23. The van der Waals surface area contributed by atoms with E-state index in [1.807, 2.05) is 18.2 Å². The number of nitrogens with zero attached hydrogens (tertiary/aromatic N) is 2. The molecule has 0 aliphatic carbocycles. The van der Waals surface area contributed by atoms with Crippen molar-refractivity contribution in [3.63, 3.8) is 0 Å². The first kappa shape index (κ1) is 17.6. The normalized spacial score (nSPS) is 11.0. The summed E-state index contributed by atoms with van der Waals surface area (Å²) in [6, 6.07) is 8.87. The molecule has 0 unspecified atom stereocenters. The number of aromatic hydroxyl groups is 1. The van der Waals surface area contributed by atoms with Gasteiger partial charge in [-0.05, 0) is 12.1 Å². The Balaban J connectivity index is 1.88. The van der Waals surface area contributed by atoms with Crippen molar-refractivity contribution in [1.82, 2.24) is 15.2 Å². The predicted molar refractivity (Wildman–Crippen MR) is 86.8 cm³/mol. The summed E-state index contributed by atoms with van der Waals surface area (Å²) in [6.07, 6.45) is 0. The molecular formula is C16H19N3O5. The summed E-state index contributed by atoms with van der Waals surface area (Å²) < 4.78 is 0. The highest BCUT2D eigenvalue weighted by Crippen LogP contribution is 2.22. The van der Waals surface area contributed by atoms with Gasteiger partial charge in [0.1, 0.15) is 11.3 Å².